The van der Waals surface area contributed by atoms with E-state index in [9.17, 15) is 46.3 Å². The molecule has 524 valence electrons. The fourth-order valence-electron chi connectivity index (χ4n) is 13.1. The van der Waals surface area contributed by atoms with Crippen LogP contribution in [0.1, 0.15) is 110 Å². The van der Waals surface area contributed by atoms with Gasteiger partial charge in [0.1, 0.15) is 74.3 Å². The summed E-state index contributed by atoms with van der Waals surface area (Å²) >= 11 is 0. The van der Waals surface area contributed by atoms with Crippen LogP contribution in [0.3, 0.4) is 0 Å². The lowest BCUT2D eigenvalue weighted by atomic mass is 9.87. The number of hydrogen-bond donors (Lipinski definition) is 8. The lowest BCUT2D eigenvalue weighted by Crippen LogP contribution is -2.41. The summed E-state index contributed by atoms with van der Waals surface area (Å²) in [5, 5.41) is 29.6. The smallest absolute Gasteiger partial charge is 0.416 e. The Hall–Kier alpha value is -12.5. The summed E-state index contributed by atoms with van der Waals surface area (Å²) < 4.78 is 68.6. The molecule has 4 aliphatic rings. The van der Waals surface area contributed by atoms with E-state index < -0.39 is 29.5 Å². The second-order valence-electron chi connectivity index (χ2n) is 24.3. The predicted octanol–water partition coefficient (Wildman–Crippen LogP) is 11.9. The van der Waals surface area contributed by atoms with Gasteiger partial charge in [0.15, 0.2) is 0 Å². The zero-order valence-electron chi connectivity index (χ0n) is 55.9. The van der Waals surface area contributed by atoms with E-state index in [0.29, 0.717) is 126 Å². The van der Waals surface area contributed by atoms with E-state index in [-0.39, 0.29) is 52.9 Å². The second kappa shape index (κ2) is 30.7. The van der Waals surface area contributed by atoms with Gasteiger partial charge in [-0.2, -0.15) is 28.5 Å². The number of halogens is 4. The van der Waals surface area contributed by atoms with Gasteiger partial charge in [-0.25, -0.2) is 18.4 Å². The summed E-state index contributed by atoms with van der Waals surface area (Å²) in [4.78, 5) is 75.1. The number of benzene rings is 6. The maximum Gasteiger partial charge on any atom is 0.416 e. The van der Waals surface area contributed by atoms with Crippen molar-refractivity contribution in [3.8, 4) is 62.9 Å². The van der Waals surface area contributed by atoms with Crippen molar-refractivity contribution in [3.63, 3.8) is 0 Å². The molecular formula is C75H73F4N15O8. The highest BCUT2D eigenvalue weighted by Crippen LogP contribution is 2.44. The minimum atomic E-state index is -4.48. The number of primary amides is 3. The molecule has 23 nitrogen and oxygen atoms in total. The number of nitrogens with one attached hydrogen (secondary N) is 5. The Morgan fingerprint density at radius 3 is 1.48 bits per heavy atom. The molecule has 27 heteroatoms. The van der Waals surface area contributed by atoms with Crippen LogP contribution < -0.4 is 53.3 Å². The van der Waals surface area contributed by atoms with Gasteiger partial charge >= 0.3 is 6.18 Å². The molecule has 13 rings (SSSR count). The van der Waals surface area contributed by atoms with Crippen LogP contribution in [0, 0.1) is 30.5 Å². The third kappa shape index (κ3) is 15.2. The SMILES string of the molecule is C=CC(=O)Nc1ccccc1C1CCNc2c(C(N)=O)c(-c3ccc(C(F)(F)F)cc3)nn21.C=CC(=O)Nc1ccccc1C1CCNc2c(C(N)=O)c(-c3ccc(C)c(OC)c3)nn21.CC#CC(=O)N1CCC(C2CCNc3c(C(N)=O)c(-c4ccc(Oc5ccc(F)cc5)cc4)nn32)CC1. The van der Waals surface area contributed by atoms with Crippen molar-refractivity contribution in [2.45, 2.75) is 70.3 Å². The summed E-state index contributed by atoms with van der Waals surface area (Å²) in [6, 6.07) is 37.3. The van der Waals surface area contributed by atoms with Gasteiger partial charge in [0.05, 0.1) is 30.8 Å². The Morgan fingerprint density at radius 2 is 1.02 bits per heavy atom. The largest absolute Gasteiger partial charge is 0.496 e. The summed E-state index contributed by atoms with van der Waals surface area (Å²) in [6.07, 6.45) is 1.76. The van der Waals surface area contributed by atoms with E-state index in [4.69, 9.17) is 36.9 Å². The number of ether oxygens (including phenoxy) is 2. The topological polar surface area (TPSA) is 316 Å². The van der Waals surface area contributed by atoms with Crippen molar-refractivity contribution in [2.75, 3.05) is 66.4 Å². The number of hydrogen-bond acceptors (Lipinski definition) is 14. The van der Waals surface area contributed by atoms with E-state index >= 15 is 0 Å². The average molecular weight is 1390 g/mol. The van der Waals surface area contributed by atoms with Crippen LogP contribution in [0.5, 0.6) is 17.2 Å². The number of nitrogens with two attached hydrogens (primary N) is 3. The van der Waals surface area contributed by atoms with Gasteiger partial charge in [-0.1, -0.05) is 79.7 Å². The van der Waals surface area contributed by atoms with Gasteiger partial charge in [-0.15, -0.1) is 0 Å². The molecule has 3 unspecified atom stereocenters. The van der Waals surface area contributed by atoms with Crippen LogP contribution in [-0.2, 0) is 20.6 Å². The van der Waals surface area contributed by atoms with Gasteiger partial charge in [0.2, 0.25) is 11.8 Å². The lowest BCUT2D eigenvalue weighted by molar-refractivity contribution is -0.137. The number of carbonyl (C=O) groups is 6. The monoisotopic (exact) mass is 1390 g/mol. The number of carbonyl (C=O) groups excluding carboxylic acids is 6. The standard InChI is InChI=1S/C28H28FN5O3.C24H25N5O3.C23H20F3N5O2/c1-2-3-24(35)33-16-13-18(14-17-33)23-12-15-31-28-25(27(30)36)26(32-34(23)28)19-4-8-21(9-5-19)37-22-10-6-20(29)7-11-22;1-4-20(30)27-17-8-6-5-7-16(17)18-11-12-26-24-21(23(25)31)22(28-29(18)24)15-10-9-14(2)19(13-15)32-3;1-2-18(32)29-16-6-4-3-5-15(16)17-11-12-28-22-19(21(27)33)20(30-31(17)22)13-7-9-14(10-8-13)23(24,25)26/h4-11,18,23,31H,12-17H2,1H3,(H2,30,36);4-10,13,18,26H,1,11-12H2,2-3H3,(H2,25,31)(H,27,30);2-10,17,28H,1,11-12H2,(H2,27,33)(H,29,32). The van der Waals surface area contributed by atoms with Crippen molar-refractivity contribution in [1.82, 2.24) is 34.2 Å². The van der Waals surface area contributed by atoms with Crippen molar-refractivity contribution in [3.05, 3.63) is 210 Å². The molecule has 0 aliphatic carbocycles. The summed E-state index contributed by atoms with van der Waals surface area (Å²) in [5.74, 6) is 5.99. The molecule has 0 spiro atoms. The van der Waals surface area contributed by atoms with Gasteiger partial charge in [-0.05, 0) is 154 Å². The van der Waals surface area contributed by atoms with Crippen LogP contribution in [0.4, 0.5) is 46.4 Å². The molecule has 0 radical (unpaired) electrons. The van der Waals surface area contributed by atoms with Crippen molar-refractivity contribution in [2.24, 2.45) is 23.1 Å². The van der Waals surface area contributed by atoms with Crippen LogP contribution in [0.2, 0.25) is 0 Å². The van der Waals surface area contributed by atoms with E-state index in [1.165, 1.54) is 30.3 Å². The number of aryl methyl sites for hydroxylation is 1. The first kappa shape index (κ1) is 70.8. The molecule has 0 bridgehead atoms. The number of para-hydroxylation sites is 2. The van der Waals surface area contributed by atoms with Gasteiger partial charge in [0, 0.05) is 71.9 Å². The first-order valence-corrected chi connectivity index (χ1v) is 32.7. The third-order valence-electron chi connectivity index (χ3n) is 18.0. The van der Waals surface area contributed by atoms with Gasteiger partial charge < -0.3 is 58.2 Å². The van der Waals surface area contributed by atoms with Crippen LogP contribution >= 0.6 is 0 Å². The fourth-order valence-corrected chi connectivity index (χ4v) is 13.1. The number of rotatable bonds is 16. The highest BCUT2D eigenvalue weighted by Gasteiger charge is 2.38. The van der Waals surface area contributed by atoms with E-state index in [2.05, 4.69) is 56.7 Å². The maximum atomic E-state index is 13.2. The summed E-state index contributed by atoms with van der Waals surface area (Å²) in [6.45, 7) is 13.7. The summed E-state index contributed by atoms with van der Waals surface area (Å²) in [7, 11) is 1.60. The first-order chi connectivity index (χ1) is 49.1. The van der Waals surface area contributed by atoms with Gasteiger partial charge in [-0.3, -0.25) is 28.8 Å². The van der Waals surface area contributed by atoms with Crippen LogP contribution in [0.25, 0.3) is 33.8 Å². The molecule has 102 heavy (non-hydrogen) atoms. The minimum absolute atomic E-state index is 0.0899. The Bertz CT molecular complexity index is 4760. The van der Waals surface area contributed by atoms with Crippen LogP contribution in [0.15, 0.2) is 165 Å². The molecule has 7 heterocycles. The molecule has 0 saturated carbocycles. The molecule has 6 aromatic carbocycles. The Kier molecular flexibility index (Phi) is 21.4. The molecule has 3 atom stereocenters. The number of amides is 6. The number of piperidine rings is 1. The minimum Gasteiger partial charge on any atom is -0.496 e. The number of anilines is 5. The number of methoxy groups -OCH3 is 1. The molecule has 4 aliphatic heterocycles. The molecular weight excluding hydrogens is 1310 g/mol. The second-order valence-corrected chi connectivity index (χ2v) is 24.3. The van der Waals surface area contributed by atoms with E-state index in [0.717, 1.165) is 65.3 Å². The quantitative estimate of drug-likeness (QED) is 0.0253. The van der Waals surface area contributed by atoms with Crippen molar-refractivity contribution in [1.29, 1.82) is 0 Å². The summed E-state index contributed by atoms with van der Waals surface area (Å²) in [5.41, 5.74) is 24.0. The molecule has 6 amide bonds. The zero-order valence-corrected chi connectivity index (χ0v) is 55.9. The van der Waals surface area contributed by atoms with Crippen molar-refractivity contribution >= 4 is 64.3 Å². The van der Waals surface area contributed by atoms with Crippen molar-refractivity contribution < 1.29 is 55.8 Å². The average Bonchev–Trinajstić information content (AvgIpc) is 1.62. The van der Waals surface area contributed by atoms with Gasteiger partial charge in [0.25, 0.3) is 23.6 Å². The third-order valence-corrected chi connectivity index (χ3v) is 18.0. The molecule has 1 fully saturated rings. The number of fused-ring (bicyclic) bond motifs is 3. The highest BCUT2D eigenvalue weighted by atomic mass is 19.4. The van der Waals surface area contributed by atoms with E-state index in [1.54, 1.807) is 64.7 Å². The lowest BCUT2D eigenvalue weighted by Gasteiger charge is -2.37. The molecule has 11 N–H and O–H groups in total. The van der Waals surface area contributed by atoms with Crippen LogP contribution in [-0.4, -0.2) is 110 Å². The highest BCUT2D eigenvalue weighted by molar-refractivity contribution is 6.06. The number of alkyl halides is 3. The maximum absolute atomic E-state index is 13.2. The predicted molar refractivity (Wildman–Crippen MR) is 379 cm³/mol. The van der Waals surface area contributed by atoms with E-state index in [1.807, 2.05) is 78.3 Å². The normalized spacial score (nSPS) is 15.8. The number of likely N-dealkylation sites (tertiary alicyclic amines) is 1. The molecule has 9 aromatic rings. The Labute approximate surface area is 584 Å². The molecule has 3 aromatic heterocycles. The first-order valence-electron chi connectivity index (χ1n) is 32.7. The number of aromatic nitrogens is 6. The molecule has 1 saturated heterocycles. The fraction of sp³-hybridized carbons (Fsp3) is 0.240. The zero-order chi connectivity index (χ0) is 72.5. The Balaban J connectivity index is 0.000000154. The Morgan fingerprint density at radius 1 is 0.588 bits per heavy atom. The number of nitrogens with zero attached hydrogens (tertiary/aromatic N) is 7.